The molecule has 0 saturated heterocycles. The zero-order chi connectivity index (χ0) is 18.6. The highest BCUT2D eigenvalue weighted by molar-refractivity contribution is 7.16. The third kappa shape index (κ3) is 5.17. The summed E-state index contributed by atoms with van der Waals surface area (Å²) in [4.78, 5) is 21.5. The maximum absolute atomic E-state index is 12.1. The Balaban J connectivity index is 1.54. The van der Waals surface area contributed by atoms with E-state index in [1.54, 1.807) is 12.4 Å². The minimum Gasteiger partial charge on any atom is -0.441 e. The van der Waals surface area contributed by atoms with E-state index in [0.29, 0.717) is 11.0 Å². The number of carbonyl (C=O) groups excluding carboxylic acids is 1. The van der Waals surface area contributed by atoms with Crippen LogP contribution in [0.5, 0.6) is 0 Å². The molecule has 0 spiro atoms. The van der Waals surface area contributed by atoms with Gasteiger partial charge in [0.15, 0.2) is 5.13 Å². The Morgan fingerprint density at radius 1 is 1.19 bits per heavy atom. The summed E-state index contributed by atoms with van der Waals surface area (Å²) in [5.41, 5.74) is -0.0631. The quantitative estimate of drug-likeness (QED) is 0.784. The molecule has 0 atom stereocenters. The van der Waals surface area contributed by atoms with E-state index in [1.165, 1.54) is 30.6 Å². The molecule has 7 heteroatoms. The van der Waals surface area contributed by atoms with E-state index in [4.69, 9.17) is 4.42 Å². The monoisotopic (exact) mass is 374 g/mol. The SMILES string of the molecule is CC(C)(C)c1cnc(/C=C/c2cnc(NC(=O)NC3CCCCC3)s2)o1. The van der Waals surface area contributed by atoms with Gasteiger partial charge in [0.05, 0.1) is 6.20 Å². The predicted molar refractivity (Wildman–Crippen MR) is 105 cm³/mol. The second kappa shape index (κ2) is 8.03. The fourth-order valence-electron chi connectivity index (χ4n) is 2.85. The van der Waals surface area contributed by atoms with Gasteiger partial charge < -0.3 is 9.73 Å². The smallest absolute Gasteiger partial charge is 0.321 e. The van der Waals surface area contributed by atoms with Crippen molar-refractivity contribution in [3.8, 4) is 0 Å². The van der Waals surface area contributed by atoms with Crippen LogP contribution in [-0.2, 0) is 5.41 Å². The van der Waals surface area contributed by atoms with Gasteiger partial charge in [-0.2, -0.15) is 0 Å². The van der Waals surface area contributed by atoms with Crippen LogP contribution in [0.15, 0.2) is 16.8 Å². The molecule has 0 radical (unpaired) electrons. The standard InChI is InChI=1S/C19H26N4O2S/c1-19(2,3)15-12-20-16(25-15)10-9-14-11-21-18(26-14)23-17(24)22-13-7-5-4-6-8-13/h9-13H,4-8H2,1-3H3,(H2,21,22,23,24)/b10-9+. The maximum atomic E-state index is 12.1. The molecule has 2 N–H and O–H groups in total. The van der Waals surface area contributed by atoms with Gasteiger partial charge in [0.25, 0.3) is 0 Å². The van der Waals surface area contributed by atoms with Gasteiger partial charge in [-0.3, -0.25) is 5.32 Å². The highest BCUT2D eigenvalue weighted by Crippen LogP contribution is 2.24. The number of aromatic nitrogens is 2. The van der Waals surface area contributed by atoms with E-state index in [0.717, 1.165) is 23.5 Å². The maximum Gasteiger partial charge on any atom is 0.321 e. The Kier molecular flexibility index (Phi) is 5.76. The Morgan fingerprint density at radius 3 is 2.65 bits per heavy atom. The number of carbonyl (C=O) groups is 1. The largest absolute Gasteiger partial charge is 0.441 e. The molecule has 1 saturated carbocycles. The molecule has 2 aromatic heterocycles. The summed E-state index contributed by atoms with van der Waals surface area (Å²) >= 11 is 1.42. The number of oxazole rings is 1. The molecule has 0 unspecified atom stereocenters. The normalized spacial score (nSPS) is 16.1. The van der Waals surface area contributed by atoms with Crippen LogP contribution < -0.4 is 10.6 Å². The highest BCUT2D eigenvalue weighted by atomic mass is 32.1. The molecule has 1 aliphatic rings. The van der Waals surface area contributed by atoms with Crippen molar-refractivity contribution in [2.45, 2.75) is 64.3 Å². The molecule has 26 heavy (non-hydrogen) atoms. The molecule has 140 valence electrons. The van der Waals surface area contributed by atoms with Gasteiger partial charge in [-0.1, -0.05) is 51.4 Å². The Hall–Kier alpha value is -2.15. The number of urea groups is 1. The molecule has 3 rings (SSSR count). The van der Waals surface area contributed by atoms with Gasteiger partial charge in [-0.05, 0) is 18.9 Å². The summed E-state index contributed by atoms with van der Waals surface area (Å²) in [6, 6.07) is 0.106. The van der Waals surface area contributed by atoms with Crippen molar-refractivity contribution in [3.63, 3.8) is 0 Å². The highest BCUT2D eigenvalue weighted by Gasteiger charge is 2.18. The van der Waals surface area contributed by atoms with Crippen LogP contribution in [0.2, 0.25) is 0 Å². The summed E-state index contributed by atoms with van der Waals surface area (Å²) in [7, 11) is 0. The number of hydrogen-bond donors (Lipinski definition) is 2. The van der Waals surface area contributed by atoms with Crippen molar-refractivity contribution in [1.82, 2.24) is 15.3 Å². The number of rotatable bonds is 4. The second-order valence-electron chi connectivity index (χ2n) is 7.65. The lowest BCUT2D eigenvalue weighted by atomic mass is 9.94. The van der Waals surface area contributed by atoms with E-state index < -0.39 is 0 Å². The number of nitrogens with one attached hydrogen (secondary N) is 2. The van der Waals surface area contributed by atoms with Crippen molar-refractivity contribution >= 4 is 34.7 Å². The van der Waals surface area contributed by atoms with Crippen LogP contribution in [0.3, 0.4) is 0 Å². The van der Waals surface area contributed by atoms with Crippen molar-refractivity contribution in [2.24, 2.45) is 0 Å². The third-order valence-electron chi connectivity index (χ3n) is 4.34. The molecule has 1 aliphatic carbocycles. The van der Waals surface area contributed by atoms with Crippen LogP contribution in [0, 0.1) is 0 Å². The molecule has 1 fully saturated rings. The summed E-state index contributed by atoms with van der Waals surface area (Å²) in [6.45, 7) is 6.25. The minimum absolute atomic E-state index is 0.0631. The first-order valence-corrected chi connectivity index (χ1v) is 9.89. The predicted octanol–water partition coefficient (Wildman–Crippen LogP) is 5.05. The lowest BCUT2D eigenvalue weighted by Gasteiger charge is -2.22. The van der Waals surface area contributed by atoms with Gasteiger partial charge in [0.1, 0.15) is 5.76 Å². The fraction of sp³-hybridized carbons (Fsp3) is 0.526. The topological polar surface area (TPSA) is 80.0 Å². The molecule has 0 bridgehead atoms. The average Bonchev–Trinajstić information content (AvgIpc) is 3.22. The number of hydrogen-bond acceptors (Lipinski definition) is 5. The van der Waals surface area contributed by atoms with Crippen LogP contribution in [0.4, 0.5) is 9.93 Å². The first-order chi connectivity index (χ1) is 12.4. The number of thiazole rings is 1. The summed E-state index contributed by atoms with van der Waals surface area (Å²) in [5.74, 6) is 1.41. The van der Waals surface area contributed by atoms with Crippen LogP contribution in [-0.4, -0.2) is 22.0 Å². The number of anilines is 1. The Bertz CT molecular complexity index is 767. The van der Waals surface area contributed by atoms with Crippen LogP contribution in [0.25, 0.3) is 12.2 Å². The summed E-state index contributed by atoms with van der Waals surface area (Å²) in [6.07, 6.45) is 13.0. The summed E-state index contributed by atoms with van der Waals surface area (Å²) < 4.78 is 5.73. The number of amides is 2. The van der Waals surface area contributed by atoms with Gasteiger partial charge in [-0.25, -0.2) is 14.8 Å². The van der Waals surface area contributed by atoms with Crippen molar-refractivity contribution in [2.75, 3.05) is 5.32 Å². The Morgan fingerprint density at radius 2 is 1.96 bits per heavy atom. The van der Waals surface area contributed by atoms with E-state index in [2.05, 4.69) is 41.4 Å². The molecule has 6 nitrogen and oxygen atoms in total. The molecule has 0 aliphatic heterocycles. The molecular formula is C19H26N4O2S. The van der Waals surface area contributed by atoms with Gasteiger partial charge in [0, 0.05) is 28.6 Å². The third-order valence-corrected chi connectivity index (χ3v) is 5.22. The minimum atomic E-state index is -0.177. The molecule has 0 aromatic carbocycles. The average molecular weight is 375 g/mol. The summed E-state index contributed by atoms with van der Waals surface area (Å²) in [5, 5.41) is 6.43. The second-order valence-corrected chi connectivity index (χ2v) is 8.71. The zero-order valence-corrected chi connectivity index (χ0v) is 16.4. The Labute approximate surface area is 158 Å². The molecule has 2 amide bonds. The van der Waals surface area contributed by atoms with Crippen molar-refractivity contribution in [1.29, 1.82) is 0 Å². The van der Waals surface area contributed by atoms with E-state index >= 15 is 0 Å². The van der Waals surface area contributed by atoms with E-state index in [-0.39, 0.29) is 17.5 Å². The lowest BCUT2D eigenvalue weighted by molar-refractivity contribution is 0.244. The van der Waals surface area contributed by atoms with E-state index in [9.17, 15) is 4.79 Å². The van der Waals surface area contributed by atoms with Crippen molar-refractivity contribution < 1.29 is 9.21 Å². The number of nitrogens with zero attached hydrogens (tertiary/aromatic N) is 2. The lowest BCUT2D eigenvalue weighted by Crippen LogP contribution is -2.38. The van der Waals surface area contributed by atoms with Crippen LogP contribution >= 0.6 is 11.3 Å². The van der Waals surface area contributed by atoms with Crippen molar-refractivity contribution in [3.05, 3.63) is 28.9 Å². The zero-order valence-electron chi connectivity index (χ0n) is 15.5. The van der Waals surface area contributed by atoms with E-state index in [1.807, 2.05) is 12.2 Å². The molecule has 2 aromatic rings. The van der Waals surface area contributed by atoms with Gasteiger partial charge in [0.2, 0.25) is 5.89 Å². The fourth-order valence-corrected chi connectivity index (χ4v) is 3.57. The van der Waals surface area contributed by atoms with Gasteiger partial charge >= 0.3 is 6.03 Å². The first kappa shape index (κ1) is 18.6. The van der Waals surface area contributed by atoms with Crippen LogP contribution in [0.1, 0.15) is 69.4 Å². The van der Waals surface area contributed by atoms with Gasteiger partial charge in [-0.15, -0.1) is 0 Å². The first-order valence-electron chi connectivity index (χ1n) is 9.08. The molecular weight excluding hydrogens is 348 g/mol. The molecule has 2 heterocycles.